The zero-order valence-corrected chi connectivity index (χ0v) is 17.5. The van der Waals surface area contributed by atoms with E-state index < -0.39 is 0 Å². The van der Waals surface area contributed by atoms with Crippen molar-refractivity contribution in [3.63, 3.8) is 0 Å². The van der Waals surface area contributed by atoms with Gasteiger partial charge in [-0.1, -0.05) is 0 Å². The normalized spacial score (nSPS) is 16.4. The molecule has 5 heterocycles. The summed E-state index contributed by atoms with van der Waals surface area (Å²) in [4.78, 5) is 27.8. The Morgan fingerprint density at radius 2 is 1.93 bits per heavy atom. The van der Waals surface area contributed by atoms with Crippen molar-refractivity contribution >= 4 is 23.7 Å². The van der Waals surface area contributed by atoms with Crippen molar-refractivity contribution in [1.82, 2.24) is 15.0 Å². The Balaban J connectivity index is 0.000000185. The number of hydrogen-bond acceptors (Lipinski definition) is 6. The van der Waals surface area contributed by atoms with E-state index >= 15 is 0 Å². The second-order valence-corrected chi connectivity index (χ2v) is 7.71. The van der Waals surface area contributed by atoms with Crippen LogP contribution in [0.2, 0.25) is 0 Å². The van der Waals surface area contributed by atoms with Gasteiger partial charge in [0.2, 0.25) is 6.41 Å². The summed E-state index contributed by atoms with van der Waals surface area (Å²) in [6.45, 7) is 6.24. The molecule has 0 saturated carbocycles. The third-order valence-electron chi connectivity index (χ3n) is 5.56. The molecule has 0 aliphatic carbocycles. The summed E-state index contributed by atoms with van der Waals surface area (Å²) in [5, 5.41) is 2.46. The first-order valence-electron chi connectivity index (χ1n) is 10.1. The lowest BCUT2D eigenvalue weighted by molar-refractivity contribution is -0.105. The molecule has 0 aromatic carbocycles. The molecule has 1 saturated heterocycles. The van der Waals surface area contributed by atoms with Gasteiger partial charge >= 0.3 is 0 Å². The number of fused-ring (bicyclic) bond motifs is 4. The van der Waals surface area contributed by atoms with Gasteiger partial charge in [-0.3, -0.25) is 9.78 Å². The molecule has 30 heavy (non-hydrogen) atoms. The maximum Gasteiger partial charge on any atom is 0.212 e. The van der Waals surface area contributed by atoms with E-state index in [0.717, 1.165) is 41.4 Å². The van der Waals surface area contributed by atoms with Gasteiger partial charge < -0.3 is 15.1 Å². The summed E-state index contributed by atoms with van der Waals surface area (Å²) >= 11 is 0. The summed E-state index contributed by atoms with van der Waals surface area (Å²) in [7, 11) is 2.17. The fraction of sp³-hybridized carbons (Fsp3) is 0.304. The first-order valence-corrected chi connectivity index (χ1v) is 10.1. The van der Waals surface area contributed by atoms with Crippen LogP contribution in [0.4, 0.5) is 17.3 Å². The Hall–Kier alpha value is -3.48. The Bertz CT molecular complexity index is 1050. The fourth-order valence-electron chi connectivity index (χ4n) is 3.94. The van der Waals surface area contributed by atoms with E-state index in [4.69, 9.17) is 4.98 Å². The lowest BCUT2D eigenvalue weighted by Gasteiger charge is -2.34. The first kappa shape index (κ1) is 19.8. The smallest absolute Gasteiger partial charge is 0.212 e. The van der Waals surface area contributed by atoms with Crippen LogP contribution < -0.4 is 15.1 Å². The minimum absolute atomic E-state index is 0.593. The molecule has 3 aromatic rings. The number of hydrogen-bond donors (Lipinski definition) is 1. The molecule has 0 radical (unpaired) electrons. The maximum absolute atomic E-state index is 9.93. The number of carbonyl (C=O) groups excluding carboxylic acids is 1. The van der Waals surface area contributed by atoms with Crippen LogP contribution in [0.3, 0.4) is 0 Å². The van der Waals surface area contributed by atoms with Crippen molar-refractivity contribution in [2.75, 3.05) is 35.3 Å². The highest BCUT2D eigenvalue weighted by Gasteiger charge is 2.34. The number of amides is 1. The number of anilines is 3. The van der Waals surface area contributed by atoms with E-state index in [1.165, 1.54) is 12.1 Å². The number of aryl methyl sites for hydroxylation is 2. The quantitative estimate of drug-likeness (QED) is 0.677. The number of aromatic nitrogens is 3. The topological polar surface area (TPSA) is 74.2 Å². The second kappa shape index (κ2) is 8.49. The van der Waals surface area contributed by atoms with E-state index in [9.17, 15) is 4.79 Å². The Labute approximate surface area is 176 Å². The van der Waals surface area contributed by atoms with Gasteiger partial charge in [0.1, 0.15) is 5.82 Å². The molecule has 2 bridgehead atoms. The van der Waals surface area contributed by atoms with Gasteiger partial charge in [-0.25, -0.2) is 9.97 Å². The molecule has 3 aromatic heterocycles. The summed E-state index contributed by atoms with van der Waals surface area (Å²) in [5.74, 6) is 1.71. The monoisotopic (exact) mass is 402 g/mol. The lowest BCUT2D eigenvalue weighted by atomic mass is 10.1. The minimum Gasteiger partial charge on any atom is -0.366 e. The van der Waals surface area contributed by atoms with E-state index in [-0.39, 0.29) is 0 Å². The van der Waals surface area contributed by atoms with E-state index in [2.05, 4.69) is 50.3 Å². The average molecular weight is 403 g/mol. The van der Waals surface area contributed by atoms with E-state index in [1.807, 2.05) is 32.2 Å². The molecular formula is C23H26N6O. The van der Waals surface area contributed by atoms with Crippen LogP contribution in [-0.2, 0) is 4.79 Å². The molecule has 1 fully saturated rings. The summed E-state index contributed by atoms with van der Waals surface area (Å²) in [6.07, 6.45) is 5.35. The number of carbonyl (C=O) groups is 1. The fourth-order valence-corrected chi connectivity index (χ4v) is 3.94. The number of nitrogens with one attached hydrogen (secondary N) is 1. The van der Waals surface area contributed by atoms with E-state index in [0.29, 0.717) is 18.3 Å². The van der Waals surface area contributed by atoms with Crippen molar-refractivity contribution in [3.05, 3.63) is 60.0 Å². The third-order valence-corrected chi connectivity index (χ3v) is 5.56. The minimum atomic E-state index is 0.593. The lowest BCUT2D eigenvalue weighted by Crippen LogP contribution is -2.40. The summed E-state index contributed by atoms with van der Waals surface area (Å²) in [5.41, 5.74) is 5.56. The summed E-state index contributed by atoms with van der Waals surface area (Å²) in [6, 6.07) is 12.7. The molecule has 1 amide bonds. The zero-order valence-electron chi connectivity index (χ0n) is 17.5. The van der Waals surface area contributed by atoms with Gasteiger partial charge in [-0.2, -0.15) is 0 Å². The van der Waals surface area contributed by atoms with Crippen LogP contribution in [-0.4, -0.2) is 47.5 Å². The molecule has 1 N–H and O–H groups in total. The number of likely N-dealkylation sites (N-methyl/N-ethyl adjacent to an activating group) is 1. The SMILES string of the molecule is Cc1cc(-c2ccc3c(n2)N(C)C2CCN3C2)ccn1.Cc1ccnc(NC=O)c1. The van der Waals surface area contributed by atoms with Gasteiger partial charge in [0, 0.05) is 49.8 Å². The van der Waals surface area contributed by atoms with Crippen LogP contribution in [0.15, 0.2) is 48.8 Å². The van der Waals surface area contributed by atoms with Crippen LogP contribution >= 0.6 is 0 Å². The number of nitrogens with zero attached hydrogens (tertiary/aromatic N) is 5. The Kier molecular flexibility index (Phi) is 5.61. The summed E-state index contributed by atoms with van der Waals surface area (Å²) < 4.78 is 0. The van der Waals surface area contributed by atoms with Gasteiger partial charge in [0.25, 0.3) is 0 Å². The van der Waals surface area contributed by atoms with Crippen molar-refractivity contribution in [1.29, 1.82) is 0 Å². The van der Waals surface area contributed by atoms with Crippen LogP contribution in [0, 0.1) is 13.8 Å². The maximum atomic E-state index is 9.93. The van der Waals surface area contributed by atoms with Gasteiger partial charge in [0.15, 0.2) is 5.82 Å². The molecule has 1 atom stereocenters. The van der Waals surface area contributed by atoms with E-state index in [1.54, 1.807) is 12.3 Å². The predicted molar refractivity (Wildman–Crippen MR) is 120 cm³/mol. The van der Waals surface area contributed by atoms with Gasteiger partial charge in [0.05, 0.1) is 11.4 Å². The van der Waals surface area contributed by atoms with Crippen molar-refractivity contribution < 1.29 is 4.79 Å². The Morgan fingerprint density at radius 3 is 2.70 bits per heavy atom. The third kappa shape index (κ3) is 4.10. The highest BCUT2D eigenvalue weighted by atomic mass is 16.1. The van der Waals surface area contributed by atoms with Gasteiger partial charge in [-0.15, -0.1) is 0 Å². The van der Waals surface area contributed by atoms with Gasteiger partial charge in [-0.05, 0) is 62.2 Å². The second-order valence-electron chi connectivity index (χ2n) is 7.71. The zero-order chi connectivity index (χ0) is 21.1. The standard InChI is InChI=1S/C16H18N4.C7H8N2O/c1-11-9-12(5-7-17-11)14-3-4-15-16(18-14)19(2)13-6-8-20(15)10-13;1-6-2-3-8-7(4-6)9-5-10/h3-5,7,9,13H,6,8,10H2,1-2H3;2-5H,1H3,(H,8,9,10). The first-order chi connectivity index (χ1) is 14.5. The molecule has 0 spiro atoms. The highest BCUT2D eigenvalue weighted by Crippen LogP contribution is 2.38. The van der Waals surface area contributed by atoms with Crippen molar-refractivity contribution in [3.8, 4) is 11.3 Å². The van der Waals surface area contributed by atoms with Crippen LogP contribution in [0.1, 0.15) is 17.7 Å². The molecule has 2 aliphatic rings. The average Bonchev–Trinajstić information content (AvgIpc) is 3.19. The molecule has 5 rings (SSSR count). The van der Waals surface area contributed by atoms with Crippen LogP contribution in [0.5, 0.6) is 0 Å². The molecule has 7 nitrogen and oxygen atoms in total. The van der Waals surface area contributed by atoms with Crippen molar-refractivity contribution in [2.24, 2.45) is 0 Å². The molecular weight excluding hydrogens is 376 g/mol. The molecule has 7 heteroatoms. The number of rotatable bonds is 3. The predicted octanol–water partition coefficient (Wildman–Crippen LogP) is 3.44. The Morgan fingerprint density at radius 1 is 1.10 bits per heavy atom. The highest BCUT2D eigenvalue weighted by molar-refractivity contribution is 5.75. The largest absolute Gasteiger partial charge is 0.366 e. The molecule has 2 aliphatic heterocycles. The molecule has 1 unspecified atom stereocenters. The van der Waals surface area contributed by atoms with Crippen molar-refractivity contribution in [2.45, 2.75) is 26.3 Å². The van der Waals surface area contributed by atoms with Crippen LogP contribution in [0.25, 0.3) is 11.3 Å². The molecule has 154 valence electrons. The number of pyridine rings is 3.